The van der Waals surface area contributed by atoms with Crippen molar-refractivity contribution in [3.05, 3.63) is 59.4 Å². The largest absolute Gasteiger partial charge is 0.318 e. The van der Waals surface area contributed by atoms with Crippen molar-refractivity contribution in [2.75, 3.05) is 10.6 Å². The first-order valence-corrected chi connectivity index (χ1v) is 6.06. The summed E-state index contributed by atoms with van der Waals surface area (Å²) in [5, 5.41) is 4.98. The Bertz CT molecular complexity index is 661. The van der Waals surface area contributed by atoms with Crippen molar-refractivity contribution in [3.8, 4) is 0 Å². The molecule has 0 aliphatic heterocycles. The second kappa shape index (κ2) is 6.16. The monoisotopic (exact) mass is 292 g/mol. The fourth-order valence-corrected chi connectivity index (χ4v) is 1.69. The molecule has 2 N–H and O–H groups in total. The summed E-state index contributed by atoms with van der Waals surface area (Å²) in [5.74, 6) is -2.48. The number of benzene rings is 2. The summed E-state index contributed by atoms with van der Waals surface area (Å²) < 4.78 is 13.3. The van der Waals surface area contributed by atoms with Crippen LogP contribution >= 0.6 is 11.6 Å². The van der Waals surface area contributed by atoms with Gasteiger partial charge in [0.2, 0.25) is 0 Å². The lowest BCUT2D eigenvalue weighted by Gasteiger charge is -2.07. The lowest BCUT2D eigenvalue weighted by molar-refractivity contribution is -0.133. The second-order valence-electron chi connectivity index (χ2n) is 3.90. The number of rotatable bonds is 2. The highest BCUT2D eigenvalue weighted by Crippen LogP contribution is 2.15. The van der Waals surface area contributed by atoms with Gasteiger partial charge in [0.15, 0.2) is 0 Å². The number of para-hydroxylation sites is 1. The number of anilines is 2. The Hall–Kier alpha value is -2.40. The van der Waals surface area contributed by atoms with E-state index in [1.807, 2.05) is 0 Å². The summed E-state index contributed by atoms with van der Waals surface area (Å²) in [5.41, 5.74) is 0.324. The zero-order valence-corrected chi connectivity index (χ0v) is 10.9. The van der Waals surface area contributed by atoms with E-state index in [4.69, 9.17) is 11.6 Å². The number of nitrogens with one attached hydrogen (secondary N) is 2. The van der Waals surface area contributed by atoms with Crippen molar-refractivity contribution in [2.45, 2.75) is 0 Å². The molecule has 102 valence electrons. The number of halogens is 2. The minimum absolute atomic E-state index is 0.0567. The molecule has 0 spiro atoms. The van der Waals surface area contributed by atoms with Gasteiger partial charge in [0.25, 0.3) is 0 Å². The Labute approximate surface area is 119 Å². The van der Waals surface area contributed by atoms with E-state index in [1.54, 1.807) is 24.3 Å². The third kappa shape index (κ3) is 3.55. The maximum Gasteiger partial charge on any atom is 0.314 e. The standard InChI is InChI=1S/C14H10ClFN2O2/c15-9-4-3-5-10(8-9)17-13(19)14(20)18-12-7-2-1-6-11(12)16/h1-8H,(H,17,19)(H,18,20). The summed E-state index contributed by atoms with van der Waals surface area (Å²) in [6, 6.07) is 11.9. The zero-order chi connectivity index (χ0) is 14.5. The molecule has 0 aromatic heterocycles. The molecule has 2 aromatic rings. The average Bonchev–Trinajstić information content (AvgIpc) is 2.41. The number of carbonyl (C=O) groups is 2. The van der Waals surface area contributed by atoms with E-state index in [9.17, 15) is 14.0 Å². The van der Waals surface area contributed by atoms with E-state index >= 15 is 0 Å². The van der Waals surface area contributed by atoms with E-state index in [0.29, 0.717) is 10.7 Å². The first kappa shape index (κ1) is 14.0. The molecule has 0 heterocycles. The smallest absolute Gasteiger partial charge is 0.314 e. The number of amides is 2. The quantitative estimate of drug-likeness (QED) is 0.836. The van der Waals surface area contributed by atoms with Crippen LogP contribution < -0.4 is 10.6 Å². The molecule has 0 bridgehead atoms. The topological polar surface area (TPSA) is 58.2 Å². The summed E-state index contributed by atoms with van der Waals surface area (Å²) in [6.07, 6.45) is 0. The summed E-state index contributed by atoms with van der Waals surface area (Å²) >= 11 is 5.76. The molecular weight excluding hydrogens is 283 g/mol. The number of hydrogen-bond acceptors (Lipinski definition) is 2. The molecule has 0 saturated carbocycles. The molecule has 0 radical (unpaired) electrons. The third-order valence-electron chi connectivity index (χ3n) is 2.41. The van der Waals surface area contributed by atoms with E-state index < -0.39 is 17.6 Å². The Kier molecular flexibility index (Phi) is 4.32. The summed E-state index contributed by atoms with van der Waals surface area (Å²) in [6.45, 7) is 0. The van der Waals surface area contributed by atoms with Crippen molar-refractivity contribution in [3.63, 3.8) is 0 Å². The minimum Gasteiger partial charge on any atom is -0.318 e. The predicted molar refractivity (Wildman–Crippen MR) is 75.1 cm³/mol. The van der Waals surface area contributed by atoms with Gasteiger partial charge in [0.1, 0.15) is 5.82 Å². The second-order valence-corrected chi connectivity index (χ2v) is 4.33. The number of carbonyl (C=O) groups excluding carboxylic acids is 2. The minimum atomic E-state index is -0.963. The highest BCUT2D eigenvalue weighted by molar-refractivity contribution is 6.43. The average molecular weight is 293 g/mol. The van der Waals surface area contributed by atoms with Gasteiger partial charge in [-0.3, -0.25) is 9.59 Å². The van der Waals surface area contributed by atoms with Crippen molar-refractivity contribution >= 4 is 34.8 Å². The van der Waals surface area contributed by atoms with Crippen LogP contribution in [0.4, 0.5) is 15.8 Å². The fourth-order valence-electron chi connectivity index (χ4n) is 1.50. The van der Waals surface area contributed by atoms with Crippen LogP contribution in [0.25, 0.3) is 0 Å². The SMILES string of the molecule is O=C(Nc1cccc(Cl)c1)C(=O)Nc1ccccc1F. The molecule has 0 saturated heterocycles. The van der Waals surface area contributed by atoms with Crippen molar-refractivity contribution in [2.24, 2.45) is 0 Å². The van der Waals surface area contributed by atoms with Crippen LogP contribution in [-0.2, 0) is 9.59 Å². The van der Waals surface area contributed by atoms with Crippen LogP contribution in [0, 0.1) is 5.82 Å². The number of hydrogen-bond donors (Lipinski definition) is 2. The molecule has 0 aliphatic carbocycles. The van der Waals surface area contributed by atoms with Crippen LogP contribution in [0.5, 0.6) is 0 Å². The predicted octanol–water partition coefficient (Wildman–Crippen LogP) is 3.06. The van der Waals surface area contributed by atoms with Crippen molar-refractivity contribution < 1.29 is 14.0 Å². The Morgan fingerprint density at radius 1 is 0.950 bits per heavy atom. The van der Waals surface area contributed by atoms with E-state index in [-0.39, 0.29) is 5.69 Å². The molecule has 0 aliphatic rings. The van der Waals surface area contributed by atoms with Crippen LogP contribution in [0.15, 0.2) is 48.5 Å². The van der Waals surface area contributed by atoms with Gasteiger partial charge in [-0.25, -0.2) is 4.39 Å². The Morgan fingerprint density at radius 2 is 1.65 bits per heavy atom. The summed E-state index contributed by atoms with van der Waals surface area (Å²) in [4.78, 5) is 23.3. The van der Waals surface area contributed by atoms with Gasteiger partial charge in [-0.15, -0.1) is 0 Å². The molecule has 0 atom stereocenters. The zero-order valence-electron chi connectivity index (χ0n) is 10.2. The molecule has 2 amide bonds. The van der Waals surface area contributed by atoms with Gasteiger partial charge in [-0.2, -0.15) is 0 Å². The molecular formula is C14H10ClFN2O2. The normalized spacial score (nSPS) is 9.90. The molecule has 2 aromatic carbocycles. The van der Waals surface area contributed by atoms with Crippen LogP contribution in [0.3, 0.4) is 0 Å². The highest BCUT2D eigenvalue weighted by Gasteiger charge is 2.15. The van der Waals surface area contributed by atoms with Crippen LogP contribution in [0.2, 0.25) is 5.02 Å². The summed E-state index contributed by atoms with van der Waals surface area (Å²) in [7, 11) is 0. The van der Waals surface area contributed by atoms with E-state index in [1.165, 1.54) is 24.3 Å². The van der Waals surface area contributed by atoms with Crippen LogP contribution in [0.1, 0.15) is 0 Å². The third-order valence-corrected chi connectivity index (χ3v) is 2.65. The Balaban J connectivity index is 2.03. The first-order chi connectivity index (χ1) is 9.56. The highest BCUT2D eigenvalue weighted by atomic mass is 35.5. The van der Waals surface area contributed by atoms with Gasteiger partial charge >= 0.3 is 11.8 Å². The molecule has 2 rings (SSSR count). The maximum atomic E-state index is 13.3. The molecule has 4 nitrogen and oxygen atoms in total. The molecule has 0 unspecified atom stereocenters. The molecule has 20 heavy (non-hydrogen) atoms. The van der Waals surface area contributed by atoms with Gasteiger partial charge in [-0.05, 0) is 30.3 Å². The van der Waals surface area contributed by atoms with Gasteiger partial charge in [0.05, 0.1) is 5.69 Å². The van der Waals surface area contributed by atoms with Crippen molar-refractivity contribution in [1.82, 2.24) is 0 Å². The molecule has 6 heteroatoms. The van der Waals surface area contributed by atoms with Crippen LogP contribution in [-0.4, -0.2) is 11.8 Å². The Morgan fingerprint density at radius 3 is 2.35 bits per heavy atom. The first-order valence-electron chi connectivity index (χ1n) is 5.68. The molecule has 0 fully saturated rings. The van der Waals surface area contributed by atoms with E-state index in [0.717, 1.165) is 0 Å². The lowest BCUT2D eigenvalue weighted by atomic mass is 10.3. The van der Waals surface area contributed by atoms with Gasteiger partial charge in [-0.1, -0.05) is 29.8 Å². The van der Waals surface area contributed by atoms with Gasteiger partial charge < -0.3 is 10.6 Å². The van der Waals surface area contributed by atoms with Crippen molar-refractivity contribution in [1.29, 1.82) is 0 Å². The fraction of sp³-hybridized carbons (Fsp3) is 0. The van der Waals surface area contributed by atoms with Gasteiger partial charge in [0, 0.05) is 10.7 Å². The lowest BCUT2D eigenvalue weighted by Crippen LogP contribution is -2.29. The maximum absolute atomic E-state index is 13.3. The van der Waals surface area contributed by atoms with E-state index in [2.05, 4.69) is 10.6 Å².